The van der Waals surface area contributed by atoms with Crippen molar-refractivity contribution in [3.63, 3.8) is 0 Å². The van der Waals surface area contributed by atoms with Crippen molar-refractivity contribution < 1.29 is 4.39 Å². The smallest absolute Gasteiger partial charge is 0.207 e. The lowest BCUT2D eigenvalue weighted by molar-refractivity contribution is 0.773. The summed E-state index contributed by atoms with van der Waals surface area (Å²) in [7, 11) is 0. The van der Waals surface area contributed by atoms with Crippen LogP contribution in [0.25, 0.3) is 0 Å². The van der Waals surface area contributed by atoms with Gasteiger partial charge in [0.2, 0.25) is 5.82 Å². The van der Waals surface area contributed by atoms with Crippen LogP contribution in [-0.2, 0) is 0 Å². The SMILES string of the molecule is FC#Cc1ncccn1. The van der Waals surface area contributed by atoms with E-state index in [1.165, 1.54) is 18.6 Å². The number of rotatable bonds is 0. The van der Waals surface area contributed by atoms with Gasteiger partial charge >= 0.3 is 0 Å². The molecule has 0 spiro atoms. The molecule has 1 heterocycles. The average molecular weight is 122 g/mol. The Balaban J connectivity index is 2.94. The van der Waals surface area contributed by atoms with E-state index in [1.807, 2.05) is 0 Å². The Kier molecular flexibility index (Phi) is 1.76. The highest BCUT2D eigenvalue weighted by atomic mass is 19.1. The van der Waals surface area contributed by atoms with Gasteiger partial charge in [0.15, 0.2) is 0 Å². The predicted octanol–water partition coefficient (Wildman–Crippen LogP) is 0.755. The molecule has 0 fully saturated rings. The van der Waals surface area contributed by atoms with Gasteiger partial charge in [-0.25, -0.2) is 9.97 Å². The van der Waals surface area contributed by atoms with Crippen LogP contribution in [0.1, 0.15) is 5.82 Å². The lowest BCUT2D eigenvalue weighted by atomic mass is 10.6. The van der Waals surface area contributed by atoms with E-state index in [9.17, 15) is 4.39 Å². The third-order valence-corrected chi connectivity index (χ3v) is 0.725. The maximum atomic E-state index is 11.2. The largest absolute Gasteiger partial charge is 0.229 e. The molecular weight excluding hydrogens is 119 g/mol. The average Bonchev–Trinajstić information content (AvgIpc) is 1.91. The monoisotopic (exact) mass is 122 g/mol. The summed E-state index contributed by atoms with van der Waals surface area (Å²) >= 11 is 0. The van der Waals surface area contributed by atoms with Crippen LogP contribution in [0.4, 0.5) is 4.39 Å². The molecule has 0 radical (unpaired) electrons. The molecule has 9 heavy (non-hydrogen) atoms. The minimum atomic E-state index is 0.208. The van der Waals surface area contributed by atoms with Gasteiger partial charge in [-0.05, 0) is 6.07 Å². The quantitative estimate of drug-likeness (QED) is 0.474. The zero-order chi connectivity index (χ0) is 6.53. The number of hydrogen-bond acceptors (Lipinski definition) is 2. The summed E-state index contributed by atoms with van der Waals surface area (Å²) in [4.78, 5) is 7.29. The molecule has 0 saturated carbocycles. The molecule has 0 aromatic carbocycles. The molecule has 0 unspecified atom stereocenters. The molecule has 0 atom stereocenters. The van der Waals surface area contributed by atoms with Gasteiger partial charge in [-0.2, -0.15) is 0 Å². The van der Waals surface area contributed by atoms with Crippen LogP contribution in [-0.4, -0.2) is 9.97 Å². The zero-order valence-corrected chi connectivity index (χ0v) is 4.50. The Bertz CT molecular complexity index is 234. The number of nitrogens with zero attached hydrogens (tertiary/aromatic N) is 2. The molecule has 44 valence electrons. The van der Waals surface area contributed by atoms with Gasteiger partial charge in [0.05, 0.1) is 0 Å². The van der Waals surface area contributed by atoms with Crippen molar-refractivity contribution in [2.75, 3.05) is 0 Å². The van der Waals surface area contributed by atoms with Crippen molar-refractivity contribution >= 4 is 0 Å². The first-order chi connectivity index (χ1) is 4.43. The summed E-state index contributed by atoms with van der Waals surface area (Å²) in [6.07, 6.45) is 4.22. The molecule has 0 bridgehead atoms. The van der Waals surface area contributed by atoms with Crippen molar-refractivity contribution in [3.8, 4) is 12.1 Å². The van der Waals surface area contributed by atoms with Crippen molar-refractivity contribution in [1.82, 2.24) is 9.97 Å². The van der Waals surface area contributed by atoms with E-state index >= 15 is 0 Å². The standard InChI is InChI=1S/C6H3FN2/c7-3-2-6-8-4-1-5-9-6/h1,4-5H. The number of halogens is 1. The highest BCUT2D eigenvalue weighted by Crippen LogP contribution is 1.81. The third-order valence-electron chi connectivity index (χ3n) is 0.725. The van der Waals surface area contributed by atoms with E-state index in [1.54, 1.807) is 6.07 Å². The van der Waals surface area contributed by atoms with Crippen molar-refractivity contribution in [2.45, 2.75) is 0 Å². The first-order valence-electron chi connectivity index (χ1n) is 2.32. The van der Waals surface area contributed by atoms with Gasteiger partial charge < -0.3 is 0 Å². The highest BCUT2D eigenvalue weighted by molar-refractivity contribution is 5.16. The zero-order valence-electron chi connectivity index (χ0n) is 4.50. The van der Waals surface area contributed by atoms with Crippen molar-refractivity contribution in [2.24, 2.45) is 0 Å². The van der Waals surface area contributed by atoms with Crippen LogP contribution in [0.2, 0.25) is 0 Å². The third kappa shape index (κ3) is 1.50. The van der Waals surface area contributed by atoms with Gasteiger partial charge in [0.1, 0.15) is 6.17 Å². The van der Waals surface area contributed by atoms with Crippen molar-refractivity contribution in [3.05, 3.63) is 24.3 Å². The number of hydrogen-bond donors (Lipinski definition) is 0. The van der Waals surface area contributed by atoms with E-state index < -0.39 is 0 Å². The Morgan fingerprint density at radius 3 is 2.56 bits per heavy atom. The summed E-state index contributed by atoms with van der Waals surface area (Å²) in [6.45, 7) is 0. The van der Waals surface area contributed by atoms with Crippen LogP contribution in [0, 0.1) is 12.1 Å². The molecule has 0 aliphatic heterocycles. The summed E-state index contributed by atoms with van der Waals surface area (Å²) in [5.41, 5.74) is 0. The van der Waals surface area contributed by atoms with E-state index in [0.717, 1.165) is 0 Å². The number of aromatic nitrogens is 2. The van der Waals surface area contributed by atoms with E-state index in [-0.39, 0.29) is 5.82 Å². The van der Waals surface area contributed by atoms with Crippen LogP contribution >= 0.6 is 0 Å². The van der Waals surface area contributed by atoms with Gasteiger partial charge in [-0.1, -0.05) is 0 Å². The molecule has 0 amide bonds. The Hall–Kier alpha value is -1.43. The fourth-order valence-corrected chi connectivity index (χ4v) is 0.406. The lowest BCUT2D eigenvalue weighted by Gasteiger charge is -1.81. The van der Waals surface area contributed by atoms with Gasteiger partial charge in [0, 0.05) is 18.3 Å². The Labute approximate surface area is 51.8 Å². The summed E-state index contributed by atoms with van der Waals surface area (Å²) in [5, 5.41) is 0. The van der Waals surface area contributed by atoms with E-state index in [4.69, 9.17) is 0 Å². The molecule has 1 aromatic heterocycles. The molecule has 0 aliphatic rings. The summed E-state index contributed by atoms with van der Waals surface area (Å²) in [5.74, 6) is 2.28. The molecule has 0 N–H and O–H groups in total. The normalized spacial score (nSPS) is 7.67. The van der Waals surface area contributed by atoms with Gasteiger partial charge in [0.25, 0.3) is 0 Å². The topological polar surface area (TPSA) is 25.8 Å². The van der Waals surface area contributed by atoms with Crippen LogP contribution < -0.4 is 0 Å². The van der Waals surface area contributed by atoms with Crippen LogP contribution in [0.15, 0.2) is 18.5 Å². The molecule has 1 aromatic rings. The summed E-state index contributed by atoms with van der Waals surface area (Å²) < 4.78 is 11.2. The van der Waals surface area contributed by atoms with Gasteiger partial charge in [-0.3, -0.25) is 0 Å². The lowest BCUT2D eigenvalue weighted by Crippen LogP contribution is -1.83. The minimum absolute atomic E-state index is 0.208. The van der Waals surface area contributed by atoms with Crippen molar-refractivity contribution in [1.29, 1.82) is 0 Å². The van der Waals surface area contributed by atoms with Crippen LogP contribution in [0.5, 0.6) is 0 Å². The van der Waals surface area contributed by atoms with Gasteiger partial charge in [-0.15, -0.1) is 4.39 Å². The second kappa shape index (κ2) is 2.78. The second-order valence-electron chi connectivity index (χ2n) is 1.29. The fraction of sp³-hybridized carbons (Fsp3) is 0. The van der Waals surface area contributed by atoms with E-state index in [2.05, 4.69) is 15.9 Å². The molecule has 2 nitrogen and oxygen atoms in total. The molecule has 3 heteroatoms. The molecule has 0 aliphatic carbocycles. The first-order valence-corrected chi connectivity index (χ1v) is 2.32. The maximum absolute atomic E-state index is 11.2. The minimum Gasteiger partial charge on any atom is -0.229 e. The Morgan fingerprint density at radius 2 is 2.00 bits per heavy atom. The molecular formula is C6H3FN2. The highest BCUT2D eigenvalue weighted by Gasteiger charge is 1.82. The van der Waals surface area contributed by atoms with E-state index in [0.29, 0.717) is 0 Å². The molecule has 0 saturated heterocycles. The predicted molar refractivity (Wildman–Crippen MR) is 30.0 cm³/mol. The first kappa shape index (κ1) is 5.70. The Morgan fingerprint density at radius 1 is 1.33 bits per heavy atom. The maximum Gasteiger partial charge on any atom is 0.207 e. The van der Waals surface area contributed by atoms with Crippen LogP contribution in [0.3, 0.4) is 0 Å². The fourth-order valence-electron chi connectivity index (χ4n) is 0.406. The second-order valence-corrected chi connectivity index (χ2v) is 1.29. The summed E-state index contributed by atoms with van der Waals surface area (Å²) in [6, 6.07) is 1.64. The molecule has 1 rings (SSSR count).